The Balaban J connectivity index is 0.997. The van der Waals surface area contributed by atoms with Gasteiger partial charge in [-0.3, -0.25) is 9.59 Å². The van der Waals surface area contributed by atoms with Gasteiger partial charge in [0.15, 0.2) is 11.3 Å². The van der Waals surface area contributed by atoms with E-state index in [1.165, 1.54) is 7.11 Å². The number of alkyl carbamates (subject to hydrolysis) is 1. The smallest absolute Gasteiger partial charge is 0.407 e. The molecule has 2 saturated heterocycles. The SMILES string of the molecule is COC(=O)NC(C(=O)N1CCC[C@H]1c1nc2ncc(-c3ccc4cc(-c5cnc6nc([C@H]7CCCN7C(=O)C(NC(=O)O)C(C)C)[nH]c6c5)ccc4c3)cc2[nH]1)C(C)C. The Hall–Kier alpha value is -6.58. The molecule has 306 valence electrons. The molecular weight excluding hydrogens is 753 g/mol. The Labute approximate surface area is 340 Å². The quantitative estimate of drug-likeness (QED) is 0.0988. The number of carbonyl (C=O) groups is 4. The van der Waals surface area contributed by atoms with Crippen molar-refractivity contribution in [2.75, 3.05) is 20.2 Å². The Kier molecular flexibility index (Phi) is 10.6. The van der Waals surface area contributed by atoms with Gasteiger partial charge in [-0.2, -0.15) is 0 Å². The van der Waals surface area contributed by atoms with Crippen LogP contribution in [0.2, 0.25) is 0 Å². The molecule has 4 amide bonds. The van der Waals surface area contributed by atoms with Gasteiger partial charge in [0.1, 0.15) is 23.7 Å². The van der Waals surface area contributed by atoms with E-state index < -0.39 is 24.3 Å². The van der Waals surface area contributed by atoms with Crippen LogP contribution in [0.15, 0.2) is 60.9 Å². The molecular formula is C43H48N10O6. The lowest BCUT2D eigenvalue weighted by Gasteiger charge is -2.29. The predicted molar refractivity (Wildman–Crippen MR) is 221 cm³/mol. The first-order valence-electron chi connectivity index (χ1n) is 20.1. The van der Waals surface area contributed by atoms with Crippen molar-refractivity contribution in [3.05, 3.63) is 72.6 Å². The summed E-state index contributed by atoms with van der Waals surface area (Å²) in [4.78, 5) is 79.7. The summed E-state index contributed by atoms with van der Waals surface area (Å²) in [5.74, 6) is 0.562. The van der Waals surface area contributed by atoms with Crippen LogP contribution >= 0.6 is 0 Å². The number of hydrogen-bond donors (Lipinski definition) is 5. The topological polar surface area (TPSA) is 211 Å². The third kappa shape index (κ3) is 7.74. The third-order valence-electron chi connectivity index (χ3n) is 11.5. The summed E-state index contributed by atoms with van der Waals surface area (Å²) in [5, 5.41) is 16.5. The minimum atomic E-state index is -1.22. The van der Waals surface area contributed by atoms with E-state index in [1.54, 1.807) is 16.0 Å². The second-order valence-corrected chi connectivity index (χ2v) is 16.1. The molecule has 0 saturated carbocycles. The largest absolute Gasteiger partial charge is 0.465 e. The molecule has 0 radical (unpaired) electrons. The van der Waals surface area contributed by atoms with Gasteiger partial charge in [-0.15, -0.1) is 0 Å². The molecule has 59 heavy (non-hydrogen) atoms. The van der Waals surface area contributed by atoms with Gasteiger partial charge in [-0.1, -0.05) is 52.0 Å². The number of amides is 4. The third-order valence-corrected chi connectivity index (χ3v) is 11.5. The first kappa shape index (κ1) is 39.3. The van der Waals surface area contributed by atoms with Gasteiger partial charge < -0.3 is 40.2 Å². The van der Waals surface area contributed by atoms with E-state index >= 15 is 0 Å². The number of aromatic nitrogens is 6. The number of benzene rings is 2. The number of pyridine rings is 2. The molecule has 4 atom stereocenters. The lowest BCUT2D eigenvalue weighted by Crippen LogP contribution is -2.51. The van der Waals surface area contributed by atoms with Gasteiger partial charge in [0, 0.05) is 36.6 Å². The van der Waals surface area contributed by atoms with Crippen LogP contribution in [0.4, 0.5) is 9.59 Å². The molecule has 4 aromatic heterocycles. The minimum absolute atomic E-state index is 0.126. The van der Waals surface area contributed by atoms with E-state index in [0.29, 0.717) is 36.0 Å². The van der Waals surface area contributed by atoms with Gasteiger partial charge >= 0.3 is 12.2 Å². The summed E-state index contributed by atoms with van der Waals surface area (Å²) in [6.07, 6.45) is 4.83. The number of carbonyl (C=O) groups excluding carboxylic acids is 3. The number of methoxy groups -OCH3 is 1. The fourth-order valence-electron chi connectivity index (χ4n) is 8.41. The van der Waals surface area contributed by atoms with Crippen molar-refractivity contribution in [3.8, 4) is 22.3 Å². The number of rotatable bonds is 10. The molecule has 6 aromatic rings. The Morgan fingerprint density at radius 2 is 1.15 bits per heavy atom. The molecule has 2 fully saturated rings. The Morgan fingerprint density at radius 3 is 1.58 bits per heavy atom. The van der Waals surface area contributed by atoms with Crippen molar-refractivity contribution in [1.29, 1.82) is 0 Å². The highest BCUT2D eigenvalue weighted by Crippen LogP contribution is 2.36. The van der Waals surface area contributed by atoms with Crippen molar-refractivity contribution < 1.29 is 29.0 Å². The summed E-state index contributed by atoms with van der Waals surface area (Å²) >= 11 is 0. The predicted octanol–water partition coefficient (Wildman–Crippen LogP) is 6.72. The molecule has 0 spiro atoms. The molecule has 2 aliphatic rings. The van der Waals surface area contributed by atoms with Crippen molar-refractivity contribution in [1.82, 2.24) is 50.3 Å². The molecule has 2 aromatic carbocycles. The molecule has 0 aliphatic carbocycles. The molecule has 5 N–H and O–H groups in total. The molecule has 16 heteroatoms. The monoisotopic (exact) mass is 800 g/mol. The summed E-state index contributed by atoms with van der Waals surface area (Å²) in [5.41, 5.74) is 6.46. The number of hydrogen-bond acceptors (Lipinski definition) is 9. The van der Waals surface area contributed by atoms with Crippen LogP contribution < -0.4 is 10.6 Å². The summed E-state index contributed by atoms with van der Waals surface area (Å²) in [6.45, 7) is 8.53. The molecule has 0 bridgehead atoms. The van der Waals surface area contributed by atoms with Gasteiger partial charge in [0.2, 0.25) is 11.8 Å². The maximum Gasteiger partial charge on any atom is 0.407 e. The number of fused-ring (bicyclic) bond motifs is 3. The van der Waals surface area contributed by atoms with E-state index in [1.807, 2.05) is 46.0 Å². The second-order valence-electron chi connectivity index (χ2n) is 16.1. The minimum Gasteiger partial charge on any atom is -0.465 e. The zero-order chi connectivity index (χ0) is 41.5. The first-order chi connectivity index (χ1) is 28.4. The normalized spacial score (nSPS) is 17.9. The summed E-state index contributed by atoms with van der Waals surface area (Å²) in [7, 11) is 1.28. The maximum absolute atomic E-state index is 13.6. The zero-order valence-corrected chi connectivity index (χ0v) is 33.7. The number of aromatic amines is 2. The summed E-state index contributed by atoms with van der Waals surface area (Å²) in [6, 6.07) is 14.5. The fraction of sp³-hybridized carbons (Fsp3) is 0.395. The number of nitrogens with zero attached hydrogens (tertiary/aromatic N) is 6. The van der Waals surface area contributed by atoms with E-state index in [0.717, 1.165) is 69.7 Å². The van der Waals surface area contributed by atoms with E-state index in [9.17, 15) is 24.3 Å². The standard InChI is InChI=1S/C43H48N10O6/c1-22(2)34(48-42(56)57)40(54)52-14-6-8-32(52)38-46-30-18-28(20-44-36(30)50-38)26-12-10-25-17-27(13-11-24(25)16-26)29-19-31-37(45-21-29)51-39(47-31)33-9-7-15-53(33)41(55)35(23(3)4)49-43(58)59-5/h10-13,16-23,32-35,48H,6-9,14-15H2,1-5H3,(H,49,58)(H,56,57)(H,44,46,50)(H,45,47,51)/t32-,33+,34?,35?/m1/s1. The van der Waals surface area contributed by atoms with Crippen LogP contribution in [0.5, 0.6) is 0 Å². The molecule has 8 rings (SSSR count). The summed E-state index contributed by atoms with van der Waals surface area (Å²) < 4.78 is 4.77. The average molecular weight is 801 g/mol. The molecule has 2 aliphatic heterocycles. The van der Waals surface area contributed by atoms with Crippen LogP contribution in [0.3, 0.4) is 0 Å². The average Bonchev–Trinajstić information content (AvgIpc) is 4.05. The van der Waals surface area contributed by atoms with Crippen LogP contribution in [0, 0.1) is 11.8 Å². The maximum atomic E-state index is 13.6. The van der Waals surface area contributed by atoms with Crippen molar-refractivity contribution in [2.24, 2.45) is 11.8 Å². The van der Waals surface area contributed by atoms with E-state index in [4.69, 9.17) is 14.7 Å². The zero-order valence-electron chi connectivity index (χ0n) is 33.7. The second kappa shape index (κ2) is 16.0. The van der Waals surface area contributed by atoms with Crippen molar-refractivity contribution in [3.63, 3.8) is 0 Å². The molecule has 2 unspecified atom stereocenters. The van der Waals surface area contributed by atoms with Crippen LogP contribution in [0.25, 0.3) is 55.4 Å². The van der Waals surface area contributed by atoms with Crippen LogP contribution in [-0.4, -0.2) is 101 Å². The van der Waals surface area contributed by atoms with Gasteiger partial charge in [0.05, 0.1) is 30.2 Å². The highest BCUT2D eigenvalue weighted by Gasteiger charge is 2.39. The molecule has 6 heterocycles. The number of likely N-dealkylation sites (tertiary alicyclic amines) is 2. The van der Waals surface area contributed by atoms with Crippen molar-refractivity contribution >= 4 is 57.1 Å². The van der Waals surface area contributed by atoms with Gasteiger partial charge in [0.25, 0.3) is 0 Å². The van der Waals surface area contributed by atoms with Gasteiger partial charge in [-0.25, -0.2) is 29.5 Å². The first-order valence-corrected chi connectivity index (χ1v) is 20.1. The fourth-order valence-corrected chi connectivity index (χ4v) is 8.41. The Morgan fingerprint density at radius 1 is 0.695 bits per heavy atom. The lowest BCUT2D eigenvalue weighted by molar-refractivity contribution is -0.136. The van der Waals surface area contributed by atoms with Crippen molar-refractivity contribution in [2.45, 2.75) is 77.5 Å². The molecule has 16 nitrogen and oxygen atoms in total. The van der Waals surface area contributed by atoms with E-state index in [-0.39, 0.29) is 35.7 Å². The highest BCUT2D eigenvalue weighted by molar-refractivity contribution is 5.93. The van der Waals surface area contributed by atoms with E-state index in [2.05, 4.69) is 67.0 Å². The van der Waals surface area contributed by atoms with Crippen LogP contribution in [-0.2, 0) is 14.3 Å². The number of imidazole rings is 2. The number of ether oxygens (including phenoxy) is 1. The lowest BCUT2D eigenvalue weighted by atomic mass is 9.99. The Bertz CT molecular complexity index is 2580. The van der Waals surface area contributed by atoms with Crippen LogP contribution in [0.1, 0.15) is 77.1 Å². The number of carboxylic acid groups (broad SMARTS) is 1. The number of nitrogens with one attached hydrogen (secondary N) is 4. The van der Waals surface area contributed by atoms with Gasteiger partial charge in [-0.05, 0) is 83.7 Å². The number of H-pyrrole nitrogens is 2. The highest BCUT2D eigenvalue weighted by atomic mass is 16.5.